The maximum absolute atomic E-state index is 12.6. The number of benzene rings is 2. The third kappa shape index (κ3) is 4.00. The molecule has 0 saturated carbocycles. The maximum Gasteiger partial charge on any atom is 0.241 e. The predicted molar refractivity (Wildman–Crippen MR) is 95.7 cm³/mol. The standard InChI is InChI=1S/C17H19NO6S2/c1-12(13-3-5-14(6-4-13)25(2,19)20)18-26(21,22)15-7-8-16-17(11-15)24-10-9-23-16/h3-8,11-12,18H,9-10H2,1-2H3/t12-/m0/s1. The van der Waals surface area contributed by atoms with Gasteiger partial charge in [0.15, 0.2) is 21.3 Å². The van der Waals surface area contributed by atoms with Crippen molar-refractivity contribution in [1.82, 2.24) is 4.72 Å². The van der Waals surface area contributed by atoms with Crippen LogP contribution in [0, 0.1) is 0 Å². The molecule has 1 N–H and O–H groups in total. The molecule has 140 valence electrons. The number of hydrogen-bond donors (Lipinski definition) is 1. The molecule has 0 radical (unpaired) electrons. The number of sulfone groups is 1. The SMILES string of the molecule is C[C@H](NS(=O)(=O)c1ccc2c(c1)OCCO2)c1ccc(S(C)(=O)=O)cc1. The lowest BCUT2D eigenvalue weighted by Crippen LogP contribution is -2.27. The van der Waals surface area contributed by atoms with E-state index in [2.05, 4.69) is 4.72 Å². The third-order valence-corrected chi connectivity index (χ3v) is 6.63. The van der Waals surface area contributed by atoms with Crippen molar-refractivity contribution < 1.29 is 26.3 Å². The van der Waals surface area contributed by atoms with Crippen LogP contribution in [0.3, 0.4) is 0 Å². The normalized spacial score (nSPS) is 15.5. The van der Waals surface area contributed by atoms with Gasteiger partial charge >= 0.3 is 0 Å². The fraction of sp³-hybridized carbons (Fsp3) is 0.294. The highest BCUT2D eigenvalue weighted by molar-refractivity contribution is 7.90. The molecule has 0 saturated heterocycles. The van der Waals surface area contributed by atoms with E-state index in [1.807, 2.05) is 0 Å². The minimum Gasteiger partial charge on any atom is -0.486 e. The van der Waals surface area contributed by atoms with Crippen LogP contribution in [0.5, 0.6) is 11.5 Å². The quantitative estimate of drug-likeness (QED) is 0.827. The van der Waals surface area contributed by atoms with E-state index in [-0.39, 0.29) is 9.79 Å². The summed E-state index contributed by atoms with van der Waals surface area (Å²) in [6.45, 7) is 2.48. The topological polar surface area (TPSA) is 98.8 Å². The summed E-state index contributed by atoms with van der Waals surface area (Å²) in [4.78, 5) is 0.254. The molecule has 0 aromatic heterocycles. The molecule has 0 aliphatic carbocycles. The molecule has 7 nitrogen and oxygen atoms in total. The fourth-order valence-electron chi connectivity index (χ4n) is 2.56. The van der Waals surface area contributed by atoms with E-state index in [0.717, 1.165) is 6.26 Å². The molecule has 0 unspecified atom stereocenters. The van der Waals surface area contributed by atoms with Crippen LogP contribution in [-0.4, -0.2) is 36.3 Å². The lowest BCUT2D eigenvalue weighted by molar-refractivity contribution is 0.171. The molecule has 0 bridgehead atoms. The summed E-state index contributed by atoms with van der Waals surface area (Å²) in [5, 5.41) is 0. The molecule has 2 aromatic rings. The zero-order chi connectivity index (χ0) is 18.9. The summed E-state index contributed by atoms with van der Waals surface area (Å²) in [5.74, 6) is 0.906. The molecule has 3 rings (SSSR count). The molecule has 0 amide bonds. The van der Waals surface area contributed by atoms with Gasteiger partial charge in [-0.3, -0.25) is 0 Å². The average molecular weight is 397 g/mol. The van der Waals surface area contributed by atoms with E-state index in [1.54, 1.807) is 25.1 Å². The first-order chi connectivity index (χ1) is 12.2. The van der Waals surface area contributed by atoms with Crippen molar-refractivity contribution in [3.63, 3.8) is 0 Å². The molecule has 2 aromatic carbocycles. The summed E-state index contributed by atoms with van der Waals surface area (Å²) in [7, 11) is -7.08. The van der Waals surface area contributed by atoms with Crippen molar-refractivity contribution in [2.45, 2.75) is 22.8 Å². The molecule has 9 heteroatoms. The lowest BCUT2D eigenvalue weighted by Gasteiger charge is -2.20. The Morgan fingerprint density at radius 3 is 2.08 bits per heavy atom. The second kappa shape index (κ2) is 6.90. The second-order valence-electron chi connectivity index (χ2n) is 5.99. The largest absolute Gasteiger partial charge is 0.486 e. The van der Waals surface area contributed by atoms with Crippen LogP contribution in [0.4, 0.5) is 0 Å². The van der Waals surface area contributed by atoms with Gasteiger partial charge in [0.25, 0.3) is 0 Å². The van der Waals surface area contributed by atoms with Crippen molar-refractivity contribution in [3.8, 4) is 11.5 Å². The van der Waals surface area contributed by atoms with Crippen molar-refractivity contribution in [2.24, 2.45) is 0 Å². The van der Waals surface area contributed by atoms with Crippen LogP contribution in [0.1, 0.15) is 18.5 Å². The predicted octanol–water partition coefficient (Wildman–Crippen LogP) is 1.90. The minimum absolute atomic E-state index is 0.0707. The van der Waals surface area contributed by atoms with Crippen LogP contribution in [0.2, 0.25) is 0 Å². The molecule has 0 spiro atoms. The summed E-state index contributed by atoms with van der Waals surface area (Å²) in [5.41, 5.74) is 0.651. The van der Waals surface area contributed by atoms with Crippen LogP contribution >= 0.6 is 0 Å². The molecule has 0 fully saturated rings. The third-order valence-electron chi connectivity index (χ3n) is 3.96. The summed E-state index contributed by atoms with van der Waals surface area (Å²) in [6.07, 6.45) is 1.12. The lowest BCUT2D eigenvalue weighted by atomic mass is 10.1. The van der Waals surface area contributed by atoms with Gasteiger partial charge in [-0.25, -0.2) is 21.6 Å². The number of rotatable bonds is 5. The summed E-state index contributed by atoms with van der Waals surface area (Å²) < 4.78 is 61.7. The van der Waals surface area contributed by atoms with E-state index in [0.29, 0.717) is 30.3 Å². The molecular formula is C17H19NO6S2. The zero-order valence-corrected chi connectivity index (χ0v) is 15.9. The molecule has 1 atom stereocenters. The van der Waals surface area contributed by atoms with Gasteiger partial charge in [-0.2, -0.15) is 0 Å². The molecule has 1 aliphatic rings. The first-order valence-electron chi connectivity index (χ1n) is 7.89. The molecular weight excluding hydrogens is 378 g/mol. The van der Waals surface area contributed by atoms with Gasteiger partial charge in [-0.05, 0) is 36.8 Å². The fourth-order valence-corrected chi connectivity index (χ4v) is 4.44. The number of ether oxygens (including phenoxy) is 2. The summed E-state index contributed by atoms with van der Waals surface area (Å²) >= 11 is 0. The van der Waals surface area contributed by atoms with Gasteiger partial charge in [0, 0.05) is 18.4 Å². The molecule has 26 heavy (non-hydrogen) atoms. The molecule has 1 heterocycles. The average Bonchev–Trinajstić information content (AvgIpc) is 2.60. The minimum atomic E-state index is -3.78. The van der Waals surface area contributed by atoms with Crippen LogP contribution in [-0.2, 0) is 19.9 Å². The van der Waals surface area contributed by atoms with Crippen LogP contribution in [0.15, 0.2) is 52.3 Å². The van der Waals surface area contributed by atoms with Gasteiger partial charge in [0.1, 0.15) is 13.2 Å². The van der Waals surface area contributed by atoms with Gasteiger partial charge in [-0.1, -0.05) is 12.1 Å². The van der Waals surface area contributed by atoms with Gasteiger partial charge in [0.05, 0.1) is 9.79 Å². The van der Waals surface area contributed by atoms with Crippen molar-refractivity contribution >= 4 is 19.9 Å². The van der Waals surface area contributed by atoms with E-state index in [1.165, 1.54) is 24.3 Å². The highest BCUT2D eigenvalue weighted by Crippen LogP contribution is 2.32. The second-order valence-corrected chi connectivity index (χ2v) is 9.72. The van der Waals surface area contributed by atoms with Gasteiger partial charge in [-0.15, -0.1) is 0 Å². The van der Waals surface area contributed by atoms with Crippen molar-refractivity contribution in [2.75, 3.05) is 19.5 Å². The van der Waals surface area contributed by atoms with Crippen LogP contribution in [0.25, 0.3) is 0 Å². The number of hydrogen-bond acceptors (Lipinski definition) is 6. The Kier molecular flexibility index (Phi) is 4.96. The van der Waals surface area contributed by atoms with E-state index < -0.39 is 25.9 Å². The van der Waals surface area contributed by atoms with E-state index in [9.17, 15) is 16.8 Å². The maximum atomic E-state index is 12.6. The highest BCUT2D eigenvalue weighted by Gasteiger charge is 2.22. The number of sulfonamides is 1. The molecule has 1 aliphatic heterocycles. The van der Waals surface area contributed by atoms with Gasteiger partial charge in [0.2, 0.25) is 10.0 Å². The first kappa shape index (κ1) is 18.7. The van der Waals surface area contributed by atoms with Crippen LogP contribution < -0.4 is 14.2 Å². The Morgan fingerprint density at radius 2 is 1.46 bits per heavy atom. The van der Waals surface area contributed by atoms with Crippen molar-refractivity contribution in [3.05, 3.63) is 48.0 Å². The van der Waals surface area contributed by atoms with Gasteiger partial charge < -0.3 is 9.47 Å². The number of fused-ring (bicyclic) bond motifs is 1. The Hall–Kier alpha value is -2.10. The highest BCUT2D eigenvalue weighted by atomic mass is 32.2. The van der Waals surface area contributed by atoms with E-state index >= 15 is 0 Å². The zero-order valence-electron chi connectivity index (χ0n) is 14.3. The van der Waals surface area contributed by atoms with Crippen molar-refractivity contribution in [1.29, 1.82) is 0 Å². The Bertz CT molecular complexity index is 1010. The smallest absolute Gasteiger partial charge is 0.241 e. The Balaban J connectivity index is 1.80. The first-order valence-corrected chi connectivity index (χ1v) is 11.3. The number of nitrogens with one attached hydrogen (secondary N) is 1. The van der Waals surface area contributed by atoms with E-state index in [4.69, 9.17) is 9.47 Å². The monoisotopic (exact) mass is 397 g/mol. The Labute approximate surface area is 152 Å². The Morgan fingerprint density at radius 1 is 0.885 bits per heavy atom. The summed E-state index contributed by atoms with van der Waals surface area (Å²) in [6, 6.07) is 10.0.